The Labute approximate surface area is 173 Å². The Bertz CT molecular complexity index is 1160. The SMILES string of the molecule is CCC(C)(C)C1CN=Cc2ccc(/C=C/c3ccc4cc(C#N)ccc4c3)cc21. The topological polar surface area (TPSA) is 36.1 Å². The molecule has 0 saturated heterocycles. The van der Waals surface area contributed by atoms with E-state index in [0.717, 1.165) is 29.3 Å². The van der Waals surface area contributed by atoms with Gasteiger partial charge in [0.05, 0.1) is 11.6 Å². The molecule has 1 heterocycles. The van der Waals surface area contributed by atoms with E-state index >= 15 is 0 Å². The molecule has 4 rings (SSSR count). The zero-order valence-corrected chi connectivity index (χ0v) is 17.3. The van der Waals surface area contributed by atoms with Crippen molar-refractivity contribution in [2.45, 2.75) is 33.1 Å². The number of rotatable bonds is 4. The number of aliphatic imine (C=N–C) groups is 1. The van der Waals surface area contributed by atoms with Crippen LogP contribution in [0, 0.1) is 16.7 Å². The molecule has 3 aromatic rings. The van der Waals surface area contributed by atoms with Crippen molar-refractivity contribution in [3.05, 3.63) is 82.4 Å². The van der Waals surface area contributed by atoms with E-state index < -0.39 is 0 Å². The molecular formula is C27H26N2. The van der Waals surface area contributed by atoms with Crippen LogP contribution < -0.4 is 0 Å². The summed E-state index contributed by atoms with van der Waals surface area (Å²) in [4.78, 5) is 4.62. The summed E-state index contributed by atoms with van der Waals surface area (Å²) in [5.74, 6) is 0.454. The molecule has 0 aliphatic carbocycles. The molecule has 0 N–H and O–H groups in total. The van der Waals surface area contributed by atoms with Crippen molar-refractivity contribution < 1.29 is 0 Å². The lowest BCUT2D eigenvalue weighted by molar-refractivity contribution is 0.277. The maximum atomic E-state index is 9.06. The Morgan fingerprint density at radius 2 is 1.69 bits per heavy atom. The Balaban J connectivity index is 1.64. The summed E-state index contributed by atoms with van der Waals surface area (Å²) in [5, 5.41) is 11.3. The summed E-state index contributed by atoms with van der Waals surface area (Å²) < 4.78 is 0. The maximum absolute atomic E-state index is 9.06. The fraction of sp³-hybridized carbons (Fsp3) is 0.259. The van der Waals surface area contributed by atoms with E-state index in [4.69, 9.17) is 5.26 Å². The first-order valence-electron chi connectivity index (χ1n) is 10.3. The molecule has 2 heteroatoms. The number of benzene rings is 3. The van der Waals surface area contributed by atoms with Gasteiger partial charge in [0.1, 0.15) is 0 Å². The third-order valence-electron chi connectivity index (χ3n) is 6.32. The first-order valence-corrected chi connectivity index (χ1v) is 10.3. The van der Waals surface area contributed by atoms with E-state index in [1.54, 1.807) is 0 Å². The summed E-state index contributed by atoms with van der Waals surface area (Å²) >= 11 is 0. The monoisotopic (exact) mass is 378 g/mol. The second-order valence-corrected chi connectivity index (χ2v) is 8.54. The van der Waals surface area contributed by atoms with Crippen molar-refractivity contribution in [1.82, 2.24) is 0 Å². The Kier molecular flexibility index (Phi) is 5.07. The molecule has 1 unspecified atom stereocenters. The maximum Gasteiger partial charge on any atom is 0.0991 e. The van der Waals surface area contributed by atoms with Crippen molar-refractivity contribution in [3.63, 3.8) is 0 Å². The number of fused-ring (bicyclic) bond motifs is 2. The van der Waals surface area contributed by atoms with Gasteiger partial charge in [-0.15, -0.1) is 0 Å². The van der Waals surface area contributed by atoms with Crippen molar-refractivity contribution in [2.75, 3.05) is 6.54 Å². The van der Waals surface area contributed by atoms with Crippen LogP contribution in [-0.4, -0.2) is 12.8 Å². The predicted octanol–water partition coefficient (Wildman–Crippen LogP) is 6.83. The highest BCUT2D eigenvalue weighted by Gasteiger charge is 2.31. The number of hydrogen-bond acceptors (Lipinski definition) is 2. The van der Waals surface area contributed by atoms with Crippen LogP contribution in [0.1, 0.15) is 60.9 Å². The third-order valence-corrected chi connectivity index (χ3v) is 6.32. The summed E-state index contributed by atoms with van der Waals surface area (Å²) in [5.41, 5.74) is 5.97. The lowest BCUT2D eigenvalue weighted by atomic mass is 9.71. The Morgan fingerprint density at radius 3 is 2.45 bits per heavy atom. The van der Waals surface area contributed by atoms with E-state index in [-0.39, 0.29) is 5.41 Å². The lowest BCUT2D eigenvalue weighted by Crippen LogP contribution is -2.27. The average molecular weight is 379 g/mol. The van der Waals surface area contributed by atoms with E-state index in [1.807, 2.05) is 24.4 Å². The number of nitriles is 1. The zero-order chi connectivity index (χ0) is 20.4. The van der Waals surface area contributed by atoms with Crippen LogP contribution >= 0.6 is 0 Å². The van der Waals surface area contributed by atoms with Gasteiger partial charge in [0.2, 0.25) is 0 Å². The Hall–Kier alpha value is -3.18. The first-order chi connectivity index (χ1) is 14.0. The smallest absolute Gasteiger partial charge is 0.0991 e. The van der Waals surface area contributed by atoms with Gasteiger partial charge in [-0.25, -0.2) is 0 Å². The van der Waals surface area contributed by atoms with E-state index in [2.05, 4.69) is 80.4 Å². The van der Waals surface area contributed by atoms with Gasteiger partial charge in [0.25, 0.3) is 0 Å². The molecule has 1 atom stereocenters. The normalized spacial score (nSPS) is 16.1. The van der Waals surface area contributed by atoms with Crippen LogP contribution in [0.15, 0.2) is 59.6 Å². The van der Waals surface area contributed by atoms with Crippen LogP contribution in [0.3, 0.4) is 0 Å². The molecule has 2 nitrogen and oxygen atoms in total. The molecule has 0 spiro atoms. The third kappa shape index (κ3) is 3.87. The predicted molar refractivity (Wildman–Crippen MR) is 123 cm³/mol. The molecule has 0 amide bonds. The van der Waals surface area contributed by atoms with E-state index in [9.17, 15) is 0 Å². The molecule has 0 aromatic heterocycles. The van der Waals surface area contributed by atoms with Crippen molar-refractivity contribution in [3.8, 4) is 6.07 Å². The van der Waals surface area contributed by atoms with Crippen LogP contribution in [0.25, 0.3) is 22.9 Å². The van der Waals surface area contributed by atoms with Crippen molar-refractivity contribution >= 4 is 29.1 Å². The van der Waals surface area contributed by atoms with Gasteiger partial charge < -0.3 is 0 Å². The number of hydrogen-bond donors (Lipinski definition) is 0. The molecule has 0 radical (unpaired) electrons. The van der Waals surface area contributed by atoms with Gasteiger partial charge in [-0.05, 0) is 56.6 Å². The van der Waals surface area contributed by atoms with Gasteiger partial charge in [-0.3, -0.25) is 4.99 Å². The van der Waals surface area contributed by atoms with Crippen molar-refractivity contribution in [1.29, 1.82) is 5.26 Å². The second kappa shape index (κ2) is 7.68. The van der Waals surface area contributed by atoms with Crippen LogP contribution in [0.4, 0.5) is 0 Å². The largest absolute Gasteiger partial charge is 0.292 e. The fourth-order valence-corrected chi connectivity index (χ4v) is 4.02. The van der Waals surface area contributed by atoms with Crippen LogP contribution in [-0.2, 0) is 0 Å². The van der Waals surface area contributed by atoms with Gasteiger partial charge >= 0.3 is 0 Å². The number of nitrogens with zero attached hydrogens (tertiary/aromatic N) is 2. The lowest BCUT2D eigenvalue weighted by Gasteiger charge is -2.35. The van der Waals surface area contributed by atoms with Gasteiger partial charge in [0.15, 0.2) is 0 Å². The van der Waals surface area contributed by atoms with E-state index in [0.29, 0.717) is 11.5 Å². The molecule has 3 aromatic carbocycles. The highest BCUT2D eigenvalue weighted by atomic mass is 14.7. The molecule has 1 aliphatic heterocycles. The van der Waals surface area contributed by atoms with Gasteiger partial charge in [-0.2, -0.15) is 5.26 Å². The highest BCUT2D eigenvalue weighted by molar-refractivity contribution is 5.88. The van der Waals surface area contributed by atoms with Crippen molar-refractivity contribution in [2.24, 2.45) is 10.4 Å². The molecule has 0 saturated carbocycles. The minimum absolute atomic E-state index is 0.232. The summed E-state index contributed by atoms with van der Waals surface area (Å²) in [6.07, 6.45) is 7.50. The minimum Gasteiger partial charge on any atom is -0.292 e. The zero-order valence-electron chi connectivity index (χ0n) is 17.3. The highest BCUT2D eigenvalue weighted by Crippen LogP contribution is 2.41. The second-order valence-electron chi connectivity index (χ2n) is 8.54. The van der Waals surface area contributed by atoms with E-state index in [1.165, 1.54) is 16.7 Å². The molecule has 0 bridgehead atoms. The molecule has 1 aliphatic rings. The van der Waals surface area contributed by atoms with Crippen LogP contribution in [0.2, 0.25) is 0 Å². The molecular weight excluding hydrogens is 352 g/mol. The standard InChI is InChI=1S/C27H26N2/c1-4-27(2,3)26-18-29-17-24-12-8-20(15-25(24)26)6-5-19-7-10-23-14-21(16-28)9-11-22(23)13-19/h5-15,17,26H,4,18H2,1-3H3/b6-5+. The summed E-state index contributed by atoms with van der Waals surface area (Å²) in [6.45, 7) is 7.83. The summed E-state index contributed by atoms with van der Waals surface area (Å²) in [7, 11) is 0. The molecule has 144 valence electrons. The molecule has 29 heavy (non-hydrogen) atoms. The average Bonchev–Trinajstić information content (AvgIpc) is 2.76. The first kappa shape index (κ1) is 19.2. The summed E-state index contributed by atoms with van der Waals surface area (Å²) in [6, 6.07) is 21.1. The molecule has 0 fully saturated rings. The minimum atomic E-state index is 0.232. The van der Waals surface area contributed by atoms with Gasteiger partial charge in [-0.1, -0.05) is 75.7 Å². The quantitative estimate of drug-likeness (QED) is 0.458. The van der Waals surface area contributed by atoms with Crippen LogP contribution in [0.5, 0.6) is 0 Å². The Morgan fingerprint density at radius 1 is 1.00 bits per heavy atom. The fourth-order valence-electron chi connectivity index (χ4n) is 4.02. The van der Waals surface area contributed by atoms with Gasteiger partial charge in [0, 0.05) is 18.7 Å².